The summed E-state index contributed by atoms with van der Waals surface area (Å²) in [5, 5.41) is 3.37. The molecular weight excluding hydrogens is 194 g/mol. The molecule has 0 radical (unpaired) electrons. The monoisotopic (exact) mass is 215 g/mol. The van der Waals surface area contributed by atoms with Crippen LogP contribution in [-0.2, 0) is 14.3 Å². The van der Waals surface area contributed by atoms with Crippen molar-refractivity contribution in [3.05, 3.63) is 0 Å². The summed E-state index contributed by atoms with van der Waals surface area (Å²) in [5.41, 5.74) is 0. The number of hydrogen-bond acceptors (Lipinski definition) is 4. The average Bonchev–Trinajstić information content (AvgIpc) is 2.29. The highest BCUT2D eigenvalue weighted by molar-refractivity contribution is 5.69. The number of ether oxygens (including phenoxy) is 2. The molecule has 2 unspecified atom stereocenters. The fourth-order valence-electron chi connectivity index (χ4n) is 1.83. The molecule has 1 rings (SSSR count). The summed E-state index contributed by atoms with van der Waals surface area (Å²) in [5.74, 6) is -0.151. The molecule has 15 heavy (non-hydrogen) atoms. The van der Waals surface area contributed by atoms with Gasteiger partial charge in [-0.2, -0.15) is 0 Å². The van der Waals surface area contributed by atoms with E-state index in [1.54, 1.807) is 0 Å². The van der Waals surface area contributed by atoms with Crippen molar-refractivity contribution in [3.63, 3.8) is 0 Å². The Morgan fingerprint density at radius 3 is 3.07 bits per heavy atom. The van der Waals surface area contributed by atoms with Crippen LogP contribution in [0.3, 0.4) is 0 Å². The smallest absolute Gasteiger partial charge is 0.306 e. The Bertz CT molecular complexity index is 196. The molecule has 0 aromatic rings. The minimum atomic E-state index is -0.151. The minimum Gasteiger partial charge on any atom is -0.469 e. The van der Waals surface area contributed by atoms with Crippen molar-refractivity contribution >= 4 is 5.97 Å². The molecule has 4 heteroatoms. The number of methoxy groups -OCH3 is 1. The highest BCUT2D eigenvalue weighted by Crippen LogP contribution is 2.15. The SMILES string of the molecule is CCC1CC(NCCC(=O)OC)CCO1. The van der Waals surface area contributed by atoms with Crippen molar-refractivity contribution in [2.75, 3.05) is 20.3 Å². The Balaban J connectivity index is 2.12. The first-order chi connectivity index (χ1) is 7.26. The lowest BCUT2D eigenvalue weighted by atomic mass is 10.0. The summed E-state index contributed by atoms with van der Waals surface area (Å²) in [6, 6.07) is 0.494. The van der Waals surface area contributed by atoms with E-state index >= 15 is 0 Å². The van der Waals surface area contributed by atoms with Gasteiger partial charge in [0.1, 0.15) is 0 Å². The Labute approximate surface area is 91.3 Å². The standard InChI is InChI=1S/C11H21NO3/c1-3-10-8-9(5-7-15-10)12-6-4-11(13)14-2/h9-10,12H,3-8H2,1-2H3. The Hall–Kier alpha value is -0.610. The third-order valence-corrected chi connectivity index (χ3v) is 2.81. The summed E-state index contributed by atoms with van der Waals surface area (Å²) in [6.45, 7) is 3.67. The highest BCUT2D eigenvalue weighted by Gasteiger charge is 2.20. The number of hydrogen-bond donors (Lipinski definition) is 1. The molecule has 0 aliphatic carbocycles. The topological polar surface area (TPSA) is 47.6 Å². The highest BCUT2D eigenvalue weighted by atomic mass is 16.5. The van der Waals surface area contributed by atoms with Gasteiger partial charge in [-0.3, -0.25) is 4.79 Å². The molecule has 88 valence electrons. The quantitative estimate of drug-likeness (QED) is 0.698. The first-order valence-corrected chi connectivity index (χ1v) is 5.68. The van der Waals surface area contributed by atoms with Crippen molar-refractivity contribution in [1.82, 2.24) is 5.32 Å². The van der Waals surface area contributed by atoms with Gasteiger partial charge in [0, 0.05) is 19.2 Å². The van der Waals surface area contributed by atoms with Gasteiger partial charge in [0.15, 0.2) is 0 Å². The minimum absolute atomic E-state index is 0.151. The molecule has 0 aromatic carbocycles. The maximum absolute atomic E-state index is 10.9. The molecule has 1 N–H and O–H groups in total. The van der Waals surface area contributed by atoms with E-state index in [0.717, 1.165) is 25.9 Å². The summed E-state index contributed by atoms with van der Waals surface area (Å²) in [7, 11) is 1.42. The third kappa shape index (κ3) is 4.62. The van der Waals surface area contributed by atoms with Gasteiger partial charge in [-0.25, -0.2) is 0 Å². The van der Waals surface area contributed by atoms with Crippen LogP contribution in [-0.4, -0.2) is 38.4 Å². The molecule has 0 amide bonds. The molecule has 1 heterocycles. The van der Waals surface area contributed by atoms with Gasteiger partial charge < -0.3 is 14.8 Å². The van der Waals surface area contributed by atoms with Crippen LogP contribution in [0.15, 0.2) is 0 Å². The van der Waals surface area contributed by atoms with Crippen LogP contribution in [0, 0.1) is 0 Å². The first kappa shape index (κ1) is 12.5. The Morgan fingerprint density at radius 2 is 2.40 bits per heavy atom. The number of esters is 1. The molecule has 1 fully saturated rings. The van der Waals surface area contributed by atoms with Crippen LogP contribution in [0.25, 0.3) is 0 Å². The molecule has 0 saturated carbocycles. The van der Waals surface area contributed by atoms with Crippen molar-refractivity contribution in [2.24, 2.45) is 0 Å². The summed E-state index contributed by atoms with van der Waals surface area (Å²) < 4.78 is 10.2. The van der Waals surface area contributed by atoms with Crippen molar-refractivity contribution in [1.29, 1.82) is 0 Å². The molecule has 0 bridgehead atoms. The molecule has 1 aliphatic heterocycles. The van der Waals surface area contributed by atoms with E-state index in [2.05, 4.69) is 17.0 Å². The second-order valence-electron chi connectivity index (χ2n) is 3.90. The Kier molecular flexibility index (Phi) is 5.65. The fourth-order valence-corrected chi connectivity index (χ4v) is 1.83. The van der Waals surface area contributed by atoms with Gasteiger partial charge in [0.2, 0.25) is 0 Å². The Morgan fingerprint density at radius 1 is 1.60 bits per heavy atom. The largest absolute Gasteiger partial charge is 0.469 e. The third-order valence-electron chi connectivity index (χ3n) is 2.81. The lowest BCUT2D eigenvalue weighted by molar-refractivity contribution is -0.140. The van der Waals surface area contributed by atoms with Crippen LogP contribution in [0.2, 0.25) is 0 Å². The van der Waals surface area contributed by atoms with E-state index in [1.807, 2.05) is 0 Å². The van der Waals surface area contributed by atoms with Gasteiger partial charge in [-0.1, -0.05) is 6.92 Å². The van der Waals surface area contributed by atoms with Gasteiger partial charge in [-0.05, 0) is 19.3 Å². The van der Waals surface area contributed by atoms with Crippen molar-refractivity contribution in [2.45, 2.75) is 44.8 Å². The summed E-state index contributed by atoms with van der Waals surface area (Å²) >= 11 is 0. The molecule has 1 aliphatic rings. The maximum atomic E-state index is 10.9. The van der Waals surface area contributed by atoms with Gasteiger partial charge in [-0.15, -0.1) is 0 Å². The van der Waals surface area contributed by atoms with Crippen LogP contribution >= 0.6 is 0 Å². The second kappa shape index (κ2) is 6.80. The lowest BCUT2D eigenvalue weighted by Crippen LogP contribution is -2.39. The zero-order chi connectivity index (χ0) is 11.1. The van der Waals surface area contributed by atoms with E-state index in [9.17, 15) is 4.79 Å². The van der Waals surface area contributed by atoms with Crippen LogP contribution in [0.5, 0.6) is 0 Å². The number of carbonyl (C=O) groups is 1. The normalized spacial score (nSPS) is 26.3. The lowest BCUT2D eigenvalue weighted by Gasteiger charge is -2.29. The zero-order valence-corrected chi connectivity index (χ0v) is 9.62. The maximum Gasteiger partial charge on any atom is 0.306 e. The van der Waals surface area contributed by atoms with E-state index < -0.39 is 0 Å². The van der Waals surface area contributed by atoms with E-state index in [0.29, 0.717) is 25.1 Å². The average molecular weight is 215 g/mol. The van der Waals surface area contributed by atoms with Crippen molar-refractivity contribution in [3.8, 4) is 0 Å². The second-order valence-corrected chi connectivity index (χ2v) is 3.90. The van der Waals surface area contributed by atoms with E-state index in [1.165, 1.54) is 7.11 Å². The molecule has 1 saturated heterocycles. The first-order valence-electron chi connectivity index (χ1n) is 5.68. The molecule has 4 nitrogen and oxygen atoms in total. The van der Waals surface area contributed by atoms with E-state index in [4.69, 9.17) is 4.74 Å². The summed E-state index contributed by atoms with van der Waals surface area (Å²) in [6.07, 6.45) is 3.99. The predicted octanol–water partition coefficient (Wildman–Crippen LogP) is 1.10. The molecule has 0 aromatic heterocycles. The van der Waals surface area contributed by atoms with Crippen molar-refractivity contribution < 1.29 is 14.3 Å². The van der Waals surface area contributed by atoms with E-state index in [-0.39, 0.29) is 5.97 Å². The van der Waals surface area contributed by atoms with Crippen LogP contribution in [0.1, 0.15) is 32.6 Å². The number of rotatable bonds is 5. The predicted molar refractivity (Wildman–Crippen MR) is 57.7 cm³/mol. The molecular formula is C11H21NO3. The summed E-state index contributed by atoms with van der Waals surface area (Å²) in [4.78, 5) is 10.9. The van der Waals surface area contributed by atoms with Crippen LogP contribution in [0.4, 0.5) is 0 Å². The number of nitrogens with one attached hydrogen (secondary N) is 1. The van der Waals surface area contributed by atoms with Gasteiger partial charge in [0.05, 0.1) is 19.6 Å². The zero-order valence-electron chi connectivity index (χ0n) is 9.62. The molecule has 2 atom stereocenters. The van der Waals surface area contributed by atoms with Gasteiger partial charge in [0.25, 0.3) is 0 Å². The van der Waals surface area contributed by atoms with Crippen LogP contribution < -0.4 is 5.32 Å². The molecule has 0 spiro atoms. The number of carbonyl (C=O) groups excluding carboxylic acids is 1. The fraction of sp³-hybridized carbons (Fsp3) is 0.909. The van der Waals surface area contributed by atoms with Gasteiger partial charge >= 0.3 is 5.97 Å².